The molecule has 0 aliphatic carbocycles. The molecule has 0 unspecified atom stereocenters. The van der Waals surface area contributed by atoms with Crippen molar-refractivity contribution in [3.63, 3.8) is 0 Å². The highest BCUT2D eigenvalue weighted by atomic mass is 35.5. The highest BCUT2D eigenvalue weighted by Gasteiger charge is 2.19. The maximum absolute atomic E-state index is 12.3. The highest BCUT2D eigenvalue weighted by Crippen LogP contribution is 2.37. The molecule has 0 bridgehead atoms. The number of benzene rings is 2. The highest BCUT2D eigenvalue weighted by molar-refractivity contribution is 8.00. The van der Waals surface area contributed by atoms with Gasteiger partial charge in [-0.05, 0) is 31.2 Å². The van der Waals surface area contributed by atoms with Crippen molar-refractivity contribution >= 4 is 46.6 Å². The summed E-state index contributed by atoms with van der Waals surface area (Å²) in [5.41, 5.74) is 0.650. The Kier molecular flexibility index (Phi) is 4.90. The number of rotatable bonds is 4. The smallest absolute Gasteiger partial charge is 0.237 e. The molecule has 0 spiro atoms. The molecule has 0 aromatic heterocycles. The van der Waals surface area contributed by atoms with Gasteiger partial charge in [0.1, 0.15) is 0 Å². The van der Waals surface area contributed by atoms with E-state index in [2.05, 4.69) is 5.32 Å². The summed E-state index contributed by atoms with van der Waals surface area (Å²) in [6.45, 7) is 2.00. The summed E-state index contributed by atoms with van der Waals surface area (Å²) in [6.07, 6.45) is 0. The van der Waals surface area contributed by atoms with Crippen molar-refractivity contribution in [3.8, 4) is 11.5 Å². The zero-order chi connectivity index (χ0) is 16.4. The van der Waals surface area contributed by atoms with Crippen molar-refractivity contribution in [2.75, 3.05) is 12.1 Å². The number of fused-ring (bicyclic) bond motifs is 1. The van der Waals surface area contributed by atoms with Crippen LogP contribution in [0.3, 0.4) is 0 Å². The second kappa shape index (κ2) is 6.91. The Balaban J connectivity index is 1.68. The number of amides is 1. The summed E-state index contributed by atoms with van der Waals surface area (Å²) in [4.78, 5) is 13.0. The minimum atomic E-state index is -0.363. The summed E-state index contributed by atoms with van der Waals surface area (Å²) >= 11 is 13.6. The second-order valence-electron chi connectivity index (χ2n) is 4.87. The maximum atomic E-state index is 12.3. The molecule has 1 heterocycles. The van der Waals surface area contributed by atoms with Gasteiger partial charge in [0.25, 0.3) is 0 Å². The zero-order valence-corrected chi connectivity index (χ0v) is 14.5. The third-order valence-corrected chi connectivity index (χ3v) is 5.32. The fourth-order valence-corrected chi connectivity index (χ4v) is 3.59. The Morgan fingerprint density at radius 2 is 1.87 bits per heavy atom. The van der Waals surface area contributed by atoms with E-state index >= 15 is 0 Å². The molecule has 0 radical (unpaired) electrons. The van der Waals surface area contributed by atoms with Crippen LogP contribution in [0.1, 0.15) is 6.92 Å². The average molecular weight is 370 g/mol. The maximum Gasteiger partial charge on any atom is 0.237 e. The number of hydrogen-bond acceptors (Lipinski definition) is 4. The van der Waals surface area contributed by atoms with Crippen LogP contribution in [0.5, 0.6) is 11.5 Å². The van der Waals surface area contributed by atoms with Gasteiger partial charge in [-0.25, -0.2) is 0 Å². The lowest BCUT2D eigenvalue weighted by molar-refractivity contribution is -0.115. The summed E-state index contributed by atoms with van der Waals surface area (Å²) in [5.74, 6) is 1.15. The van der Waals surface area contributed by atoms with E-state index in [4.69, 9.17) is 32.7 Å². The predicted molar refractivity (Wildman–Crippen MR) is 93.0 cm³/mol. The van der Waals surface area contributed by atoms with Crippen LogP contribution in [-0.2, 0) is 4.79 Å². The molecule has 4 nitrogen and oxygen atoms in total. The summed E-state index contributed by atoms with van der Waals surface area (Å²) in [7, 11) is 0. The van der Waals surface area contributed by atoms with Crippen molar-refractivity contribution in [1.29, 1.82) is 0 Å². The Morgan fingerprint density at radius 3 is 2.61 bits per heavy atom. The van der Waals surface area contributed by atoms with E-state index < -0.39 is 0 Å². The number of ether oxygens (including phenoxy) is 2. The van der Waals surface area contributed by atoms with Gasteiger partial charge < -0.3 is 14.8 Å². The van der Waals surface area contributed by atoms with E-state index in [1.54, 1.807) is 43.3 Å². The normalized spacial score (nSPS) is 13.7. The first kappa shape index (κ1) is 16.3. The van der Waals surface area contributed by atoms with Crippen LogP contribution >= 0.6 is 35.0 Å². The third-order valence-electron chi connectivity index (χ3n) is 3.22. The molecule has 7 heteroatoms. The van der Waals surface area contributed by atoms with Gasteiger partial charge in [-0.15, -0.1) is 11.8 Å². The average Bonchev–Trinajstić information content (AvgIpc) is 2.98. The van der Waals surface area contributed by atoms with E-state index in [0.717, 1.165) is 0 Å². The molecule has 0 saturated heterocycles. The van der Waals surface area contributed by atoms with E-state index in [9.17, 15) is 4.79 Å². The minimum absolute atomic E-state index is 0.148. The van der Waals surface area contributed by atoms with Crippen LogP contribution in [0, 0.1) is 0 Å². The van der Waals surface area contributed by atoms with Crippen molar-refractivity contribution < 1.29 is 14.3 Å². The van der Waals surface area contributed by atoms with E-state index in [-0.39, 0.29) is 18.0 Å². The molecular formula is C16H13Cl2NO3S. The molecule has 120 valence electrons. The van der Waals surface area contributed by atoms with Gasteiger partial charge in [-0.2, -0.15) is 0 Å². The van der Waals surface area contributed by atoms with Gasteiger partial charge in [-0.3, -0.25) is 4.79 Å². The second-order valence-corrected chi connectivity index (χ2v) is 7.03. The molecule has 2 aromatic carbocycles. The number of thioether (sulfide) groups is 1. The fraction of sp³-hybridized carbons (Fsp3) is 0.188. The third kappa shape index (κ3) is 3.68. The molecule has 0 fully saturated rings. The number of hydrogen-bond donors (Lipinski definition) is 1. The summed E-state index contributed by atoms with van der Waals surface area (Å²) in [5, 5.41) is 3.55. The van der Waals surface area contributed by atoms with Crippen LogP contribution < -0.4 is 14.8 Å². The van der Waals surface area contributed by atoms with Gasteiger partial charge in [0.15, 0.2) is 11.5 Å². The van der Waals surface area contributed by atoms with Gasteiger partial charge in [-0.1, -0.05) is 29.3 Å². The van der Waals surface area contributed by atoms with Gasteiger partial charge in [0, 0.05) is 16.6 Å². The van der Waals surface area contributed by atoms with Crippen LogP contribution in [0.2, 0.25) is 10.0 Å². The topological polar surface area (TPSA) is 47.6 Å². The predicted octanol–water partition coefficient (Wildman–Crippen LogP) is 4.84. The first-order chi connectivity index (χ1) is 11.0. The van der Waals surface area contributed by atoms with Gasteiger partial charge >= 0.3 is 0 Å². The van der Waals surface area contributed by atoms with E-state index in [1.807, 2.05) is 0 Å². The Labute approximate surface area is 148 Å². The zero-order valence-electron chi connectivity index (χ0n) is 12.1. The fourth-order valence-electron chi connectivity index (χ4n) is 2.04. The lowest BCUT2D eigenvalue weighted by Gasteiger charge is -2.14. The van der Waals surface area contributed by atoms with Crippen molar-refractivity contribution in [2.24, 2.45) is 0 Å². The van der Waals surface area contributed by atoms with Crippen molar-refractivity contribution in [3.05, 3.63) is 46.4 Å². The standard InChI is InChI=1S/C16H13Cl2NO3S/c1-9(23-15-11(17)3-2-4-12(15)18)16(20)19-10-5-6-13-14(7-10)22-8-21-13/h2-7,9H,8H2,1H3,(H,19,20)/t9-/m0/s1. The summed E-state index contributed by atoms with van der Waals surface area (Å²) < 4.78 is 10.5. The van der Waals surface area contributed by atoms with Crippen LogP contribution in [-0.4, -0.2) is 18.0 Å². The molecule has 3 rings (SSSR count). The number of halogens is 2. The number of nitrogens with one attached hydrogen (secondary N) is 1. The first-order valence-electron chi connectivity index (χ1n) is 6.86. The molecular weight excluding hydrogens is 357 g/mol. The number of carbonyl (C=O) groups excluding carboxylic acids is 1. The molecule has 23 heavy (non-hydrogen) atoms. The van der Waals surface area contributed by atoms with Crippen molar-refractivity contribution in [1.82, 2.24) is 0 Å². The van der Waals surface area contributed by atoms with Crippen molar-refractivity contribution in [2.45, 2.75) is 17.1 Å². The summed E-state index contributed by atoms with van der Waals surface area (Å²) in [6, 6.07) is 10.5. The van der Waals surface area contributed by atoms with Crippen LogP contribution in [0.4, 0.5) is 5.69 Å². The molecule has 1 atom stereocenters. The first-order valence-corrected chi connectivity index (χ1v) is 8.49. The minimum Gasteiger partial charge on any atom is -0.454 e. The largest absolute Gasteiger partial charge is 0.454 e. The molecule has 0 saturated carbocycles. The lowest BCUT2D eigenvalue weighted by Crippen LogP contribution is -2.22. The molecule has 2 aromatic rings. The van der Waals surface area contributed by atoms with E-state index in [0.29, 0.717) is 32.1 Å². The monoisotopic (exact) mass is 369 g/mol. The Morgan fingerprint density at radius 1 is 1.17 bits per heavy atom. The Hall–Kier alpha value is -1.56. The van der Waals surface area contributed by atoms with Gasteiger partial charge in [0.2, 0.25) is 12.7 Å². The quantitative estimate of drug-likeness (QED) is 0.783. The molecule has 1 aliphatic heterocycles. The molecule has 1 aliphatic rings. The molecule has 1 N–H and O–H groups in total. The number of anilines is 1. The van der Waals surface area contributed by atoms with E-state index in [1.165, 1.54) is 11.8 Å². The van der Waals surface area contributed by atoms with Gasteiger partial charge in [0.05, 0.1) is 15.3 Å². The Bertz CT molecular complexity index is 734. The lowest BCUT2D eigenvalue weighted by atomic mass is 10.2. The number of carbonyl (C=O) groups is 1. The van der Waals surface area contributed by atoms with Crippen LogP contribution in [0.15, 0.2) is 41.3 Å². The van der Waals surface area contributed by atoms with Crippen LogP contribution in [0.25, 0.3) is 0 Å². The molecule has 1 amide bonds. The SMILES string of the molecule is C[C@H](Sc1c(Cl)cccc1Cl)C(=O)Nc1ccc2c(c1)OCO2.